The van der Waals surface area contributed by atoms with E-state index in [0.717, 1.165) is 0 Å². The van der Waals surface area contributed by atoms with Crippen LogP contribution in [-0.2, 0) is 0 Å². The Labute approximate surface area is 60.7 Å². The Morgan fingerprint density at radius 3 is 1.67 bits per heavy atom. The van der Waals surface area contributed by atoms with Crippen molar-refractivity contribution < 1.29 is 0 Å². The van der Waals surface area contributed by atoms with Crippen LogP contribution in [0.4, 0.5) is 0 Å². The average Bonchev–Trinajstić information content (AvgIpc) is 2.15. The van der Waals surface area contributed by atoms with Crippen molar-refractivity contribution in [3.63, 3.8) is 0 Å². The molecule has 0 aromatic carbocycles. The highest BCUT2D eigenvalue weighted by molar-refractivity contribution is 5.85. The number of halogens is 1. The van der Waals surface area contributed by atoms with Gasteiger partial charge in [-0.25, -0.2) is 0 Å². The summed E-state index contributed by atoms with van der Waals surface area (Å²) in [6.45, 7) is 0. The van der Waals surface area contributed by atoms with Crippen molar-refractivity contribution in [2.45, 2.75) is 0 Å². The lowest BCUT2D eigenvalue weighted by molar-refractivity contribution is 1.69. The summed E-state index contributed by atoms with van der Waals surface area (Å²) < 4.78 is 0. The Morgan fingerprint density at radius 1 is 0.778 bits per heavy atom. The van der Waals surface area contributed by atoms with Gasteiger partial charge in [-0.2, -0.15) is 0 Å². The highest BCUT2D eigenvalue weighted by Gasteiger charge is 2.04. The standard InChI is InChI=1S/C8H6.ClH/c1-3-7-5-2-6-8(7)4-1;/h1-6H;1H. The summed E-state index contributed by atoms with van der Waals surface area (Å²) in [6.07, 6.45) is 12.6. The second kappa shape index (κ2) is 2.24. The summed E-state index contributed by atoms with van der Waals surface area (Å²) in [7, 11) is 0. The molecule has 0 fully saturated rings. The van der Waals surface area contributed by atoms with Crippen molar-refractivity contribution in [2.24, 2.45) is 0 Å². The molecule has 0 unspecified atom stereocenters. The highest BCUT2D eigenvalue weighted by Crippen LogP contribution is 2.23. The molecule has 9 heavy (non-hydrogen) atoms. The largest absolute Gasteiger partial charge is 0.147 e. The van der Waals surface area contributed by atoms with Gasteiger partial charge in [-0.15, -0.1) is 12.4 Å². The molecule has 0 radical (unpaired) electrons. The van der Waals surface area contributed by atoms with E-state index in [2.05, 4.69) is 36.5 Å². The quantitative estimate of drug-likeness (QED) is 0.482. The van der Waals surface area contributed by atoms with E-state index in [1.165, 1.54) is 11.1 Å². The molecule has 0 aromatic heterocycles. The smallest absolute Gasteiger partial charge is 0.0184 e. The molecule has 0 heterocycles. The van der Waals surface area contributed by atoms with Crippen LogP contribution in [0.3, 0.4) is 0 Å². The maximum Gasteiger partial charge on any atom is -0.0184 e. The Kier molecular flexibility index (Phi) is 1.58. The van der Waals surface area contributed by atoms with Crippen LogP contribution in [0, 0.1) is 0 Å². The second-order valence-corrected chi connectivity index (χ2v) is 1.96. The molecule has 2 rings (SSSR count). The first-order valence-electron chi connectivity index (χ1n) is 2.74. The molecule has 2 aliphatic rings. The molecule has 0 bridgehead atoms. The molecule has 1 heteroatoms. The predicted octanol–water partition coefficient (Wildman–Crippen LogP) is 2.40. The molecule has 46 valence electrons. The molecule has 0 saturated heterocycles. The zero-order chi connectivity index (χ0) is 5.40. The van der Waals surface area contributed by atoms with E-state index in [9.17, 15) is 0 Å². The lowest BCUT2D eigenvalue weighted by Crippen LogP contribution is -1.67. The zero-order valence-corrected chi connectivity index (χ0v) is 5.69. The van der Waals surface area contributed by atoms with Crippen LogP contribution in [0.1, 0.15) is 0 Å². The third kappa shape index (κ3) is 0.859. The Bertz CT molecular complexity index is 203. The van der Waals surface area contributed by atoms with Gasteiger partial charge in [0, 0.05) is 0 Å². The molecule has 0 N–H and O–H groups in total. The molecule has 0 aliphatic heterocycles. The minimum atomic E-state index is 0. The predicted molar refractivity (Wildman–Crippen MR) is 41.7 cm³/mol. The SMILES string of the molecule is C1=CC2=CC=CC2=C1.Cl. The van der Waals surface area contributed by atoms with Crippen LogP contribution in [0.5, 0.6) is 0 Å². The average molecular weight is 139 g/mol. The van der Waals surface area contributed by atoms with Gasteiger partial charge in [0.05, 0.1) is 0 Å². The van der Waals surface area contributed by atoms with E-state index in [1.807, 2.05) is 0 Å². The third-order valence-corrected chi connectivity index (χ3v) is 1.44. The minimum Gasteiger partial charge on any atom is -0.147 e. The van der Waals surface area contributed by atoms with Crippen LogP contribution < -0.4 is 0 Å². The van der Waals surface area contributed by atoms with Crippen molar-refractivity contribution in [2.75, 3.05) is 0 Å². The monoisotopic (exact) mass is 138 g/mol. The van der Waals surface area contributed by atoms with E-state index in [1.54, 1.807) is 0 Å². The van der Waals surface area contributed by atoms with Crippen LogP contribution in [0.2, 0.25) is 0 Å². The Balaban J connectivity index is 0.000000405. The maximum atomic E-state index is 2.12. The molecular formula is C8H7Cl. The van der Waals surface area contributed by atoms with Crippen molar-refractivity contribution in [1.82, 2.24) is 0 Å². The fourth-order valence-corrected chi connectivity index (χ4v) is 1.01. The molecular weight excluding hydrogens is 132 g/mol. The summed E-state index contributed by atoms with van der Waals surface area (Å²) in [4.78, 5) is 0. The van der Waals surface area contributed by atoms with Gasteiger partial charge >= 0.3 is 0 Å². The molecule has 0 amide bonds. The van der Waals surface area contributed by atoms with Gasteiger partial charge in [0.15, 0.2) is 0 Å². The van der Waals surface area contributed by atoms with E-state index in [4.69, 9.17) is 0 Å². The summed E-state index contributed by atoms with van der Waals surface area (Å²) in [5.41, 5.74) is 2.70. The molecule has 0 spiro atoms. The van der Waals surface area contributed by atoms with E-state index in [0.29, 0.717) is 0 Å². The van der Waals surface area contributed by atoms with Crippen molar-refractivity contribution in [3.05, 3.63) is 47.6 Å². The fraction of sp³-hybridized carbons (Fsp3) is 0. The summed E-state index contributed by atoms with van der Waals surface area (Å²) in [5.74, 6) is 0. The van der Waals surface area contributed by atoms with E-state index in [-0.39, 0.29) is 12.4 Å². The van der Waals surface area contributed by atoms with Gasteiger partial charge in [-0.05, 0) is 11.1 Å². The maximum absolute atomic E-state index is 2.12. The second-order valence-electron chi connectivity index (χ2n) is 1.96. The van der Waals surface area contributed by atoms with E-state index < -0.39 is 0 Å². The minimum absolute atomic E-state index is 0. The number of hydrogen-bond acceptors (Lipinski definition) is 0. The lowest BCUT2D eigenvalue weighted by atomic mass is 10.2. The van der Waals surface area contributed by atoms with Gasteiger partial charge in [-0.1, -0.05) is 36.5 Å². The summed E-state index contributed by atoms with van der Waals surface area (Å²) in [6, 6.07) is 0. The molecule has 2 aliphatic carbocycles. The molecule has 0 nitrogen and oxygen atoms in total. The highest BCUT2D eigenvalue weighted by atomic mass is 35.5. The first kappa shape index (κ1) is 6.37. The van der Waals surface area contributed by atoms with Crippen molar-refractivity contribution in [3.8, 4) is 0 Å². The lowest BCUT2D eigenvalue weighted by Gasteiger charge is -1.85. The normalized spacial score (nSPS) is 18.7. The Morgan fingerprint density at radius 2 is 1.22 bits per heavy atom. The van der Waals surface area contributed by atoms with Crippen LogP contribution in [0.25, 0.3) is 0 Å². The van der Waals surface area contributed by atoms with Gasteiger partial charge < -0.3 is 0 Å². The van der Waals surface area contributed by atoms with Crippen molar-refractivity contribution in [1.29, 1.82) is 0 Å². The Hall–Kier alpha value is -0.750. The first-order chi connectivity index (χ1) is 3.97. The van der Waals surface area contributed by atoms with Crippen LogP contribution in [0.15, 0.2) is 47.6 Å². The van der Waals surface area contributed by atoms with Gasteiger partial charge in [0.25, 0.3) is 0 Å². The van der Waals surface area contributed by atoms with Gasteiger partial charge in [0.1, 0.15) is 0 Å². The van der Waals surface area contributed by atoms with Crippen molar-refractivity contribution >= 4 is 12.4 Å². The van der Waals surface area contributed by atoms with Gasteiger partial charge in [0.2, 0.25) is 0 Å². The third-order valence-electron chi connectivity index (χ3n) is 1.44. The molecule has 0 aromatic rings. The van der Waals surface area contributed by atoms with Gasteiger partial charge in [-0.3, -0.25) is 0 Å². The zero-order valence-electron chi connectivity index (χ0n) is 4.87. The summed E-state index contributed by atoms with van der Waals surface area (Å²) >= 11 is 0. The number of allylic oxidation sites excluding steroid dienone is 8. The van der Waals surface area contributed by atoms with E-state index >= 15 is 0 Å². The molecule has 0 saturated carbocycles. The van der Waals surface area contributed by atoms with Crippen LogP contribution in [-0.4, -0.2) is 0 Å². The number of fused-ring (bicyclic) bond motifs is 1. The number of hydrogen-bond donors (Lipinski definition) is 0. The number of rotatable bonds is 0. The topological polar surface area (TPSA) is 0 Å². The molecule has 0 atom stereocenters. The first-order valence-corrected chi connectivity index (χ1v) is 2.74. The van der Waals surface area contributed by atoms with Crippen LogP contribution >= 0.6 is 12.4 Å². The summed E-state index contributed by atoms with van der Waals surface area (Å²) in [5, 5.41) is 0. The fourth-order valence-electron chi connectivity index (χ4n) is 1.01.